The summed E-state index contributed by atoms with van der Waals surface area (Å²) in [5, 5.41) is 9.15. The van der Waals surface area contributed by atoms with E-state index >= 15 is 0 Å². The third-order valence-corrected chi connectivity index (χ3v) is 2.11. The number of aliphatic hydroxyl groups is 1. The molecule has 0 saturated heterocycles. The minimum Gasteiger partial charge on any atom is -0.399 e. The summed E-state index contributed by atoms with van der Waals surface area (Å²) in [6.45, 7) is 1.75. The van der Waals surface area contributed by atoms with Gasteiger partial charge < -0.3 is 10.8 Å². The molecule has 1 aromatic rings. The molecule has 0 aliphatic carbocycles. The van der Waals surface area contributed by atoms with Crippen LogP contribution in [0.2, 0.25) is 0 Å². The maximum atomic E-state index is 9.15. The SMILES string of the molecule is CC(O)Cc1cc(Br)ccc1N. The minimum absolute atomic E-state index is 0.346. The first-order valence-electron chi connectivity index (χ1n) is 3.81. The van der Waals surface area contributed by atoms with Crippen molar-refractivity contribution in [2.45, 2.75) is 19.4 Å². The highest BCUT2D eigenvalue weighted by Crippen LogP contribution is 2.19. The van der Waals surface area contributed by atoms with Crippen molar-refractivity contribution < 1.29 is 5.11 Å². The fourth-order valence-electron chi connectivity index (χ4n) is 1.07. The molecule has 0 spiro atoms. The van der Waals surface area contributed by atoms with Crippen LogP contribution in [0, 0.1) is 0 Å². The van der Waals surface area contributed by atoms with Gasteiger partial charge in [-0.3, -0.25) is 0 Å². The highest BCUT2D eigenvalue weighted by molar-refractivity contribution is 9.10. The largest absolute Gasteiger partial charge is 0.399 e. The molecule has 0 radical (unpaired) electrons. The summed E-state index contributed by atoms with van der Waals surface area (Å²) in [6.07, 6.45) is 0.257. The van der Waals surface area contributed by atoms with Gasteiger partial charge in [0.15, 0.2) is 0 Å². The number of anilines is 1. The van der Waals surface area contributed by atoms with Crippen LogP contribution in [0.3, 0.4) is 0 Å². The molecule has 12 heavy (non-hydrogen) atoms. The average molecular weight is 230 g/mol. The lowest BCUT2D eigenvalue weighted by molar-refractivity contribution is 0.195. The maximum Gasteiger partial charge on any atom is 0.0553 e. The fourth-order valence-corrected chi connectivity index (χ4v) is 1.48. The number of nitrogen functional groups attached to an aromatic ring is 1. The standard InChI is InChI=1S/C9H12BrNO/c1-6(12)4-7-5-8(10)2-3-9(7)11/h2-3,5-6,12H,4,11H2,1H3. The van der Waals surface area contributed by atoms with Crippen molar-refractivity contribution in [3.8, 4) is 0 Å². The predicted molar refractivity (Wildman–Crippen MR) is 53.9 cm³/mol. The zero-order valence-corrected chi connectivity index (χ0v) is 8.51. The molecule has 0 aliphatic heterocycles. The van der Waals surface area contributed by atoms with Crippen molar-refractivity contribution >= 4 is 21.6 Å². The molecule has 1 rings (SSSR count). The van der Waals surface area contributed by atoms with Crippen molar-refractivity contribution in [1.82, 2.24) is 0 Å². The fraction of sp³-hybridized carbons (Fsp3) is 0.333. The van der Waals surface area contributed by atoms with Crippen molar-refractivity contribution in [1.29, 1.82) is 0 Å². The van der Waals surface area contributed by atoms with E-state index in [2.05, 4.69) is 15.9 Å². The molecule has 0 saturated carbocycles. The van der Waals surface area contributed by atoms with Gasteiger partial charge in [0, 0.05) is 16.6 Å². The third kappa shape index (κ3) is 2.50. The number of aliphatic hydroxyl groups excluding tert-OH is 1. The Morgan fingerprint density at radius 1 is 1.58 bits per heavy atom. The molecule has 0 heterocycles. The topological polar surface area (TPSA) is 46.2 Å². The quantitative estimate of drug-likeness (QED) is 0.763. The zero-order valence-electron chi connectivity index (χ0n) is 6.92. The van der Waals surface area contributed by atoms with E-state index in [1.54, 1.807) is 6.92 Å². The molecule has 0 aromatic heterocycles. The van der Waals surface area contributed by atoms with Gasteiger partial charge in [-0.15, -0.1) is 0 Å². The van der Waals surface area contributed by atoms with Gasteiger partial charge in [0.25, 0.3) is 0 Å². The van der Waals surface area contributed by atoms with Gasteiger partial charge in [-0.1, -0.05) is 15.9 Å². The molecule has 0 amide bonds. The Kier molecular flexibility index (Phi) is 3.12. The van der Waals surface area contributed by atoms with Gasteiger partial charge in [-0.25, -0.2) is 0 Å². The van der Waals surface area contributed by atoms with Crippen LogP contribution in [-0.4, -0.2) is 11.2 Å². The van der Waals surface area contributed by atoms with E-state index in [1.165, 1.54) is 0 Å². The summed E-state index contributed by atoms with van der Waals surface area (Å²) in [4.78, 5) is 0. The number of hydrogen-bond acceptors (Lipinski definition) is 2. The summed E-state index contributed by atoms with van der Waals surface area (Å²) in [6, 6.07) is 5.66. The number of hydrogen-bond donors (Lipinski definition) is 2. The summed E-state index contributed by atoms with van der Waals surface area (Å²) in [5.74, 6) is 0. The smallest absolute Gasteiger partial charge is 0.0553 e. The van der Waals surface area contributed by atoms with Crippen LogP contribution in [0.4, 0.5) is 5.69 Å². The molecule has 0 aliphatic rings. The molecular weight excluding hydrogens is 218 g/mol. The van der Waals surface area contributed by atoms with E-state index in [4.69, 9.17) is 10.8 Å². The highest BCUT2D eigenvalue weighted by atomic mass is 79.9. The minimum atomic E-state index is -0.346. The highest BCUT2D eigenvalue weighted by Gasteiger charge is 2.03. The van der Waals surface area contributed by atoms with Crippen LogP contribution in [0.5, 0.6) is 0 Å². The molecule has 2 nitrogen and oxygen atoms in total. The van der Waals surface area contributed by atoms with E-state index in [-0.39, 0.29) is 6.10 Å². The number of rotatable bonds is 2. The molecule has 1 atom stereocenters. The van der Waals surface area contributed by atoms with Crippen molar-refractivity contribution in [2.24, 2.45) is 0 Å². The van der Waals surface area contributed by atoms with E-state index in [1.807, 2.05) is 18.2 Å². The lowest BCUT2D eigenvalue weighted by Gasteiger charge is -2.07. The van der Waals surface area contributed by atoms with Gasteiger partial charge in [-0.2, -0.15) is 0 Å². The second-order valence-corrected chi connectivity index (χ2v) is 3.81. The summed E-state index contributed by atoms with van der Waals surface area (Å²) in [7, 11) is 0. The Hall–Kier alpha value is -0.540. The molecule has 66 valence electrons. The van der Waals surface area contributed by atoms with E-state index in [0.29, 0.717) is 6.42 Å². The van der Waals surface area contributed by atoms with Crippen LogP contribution in [0.1, 0.15) is 12.5 Å². The average Bonchev–Trinajstić information content (AvgIpc) is 1.96. The molecule has 3 N–H and O–H groups in total. The Morgan fingerprint density at radius 3 is 2.83 bits per heavy atom. The maximum absolute atomic E-state index is 9.15. The molecular formula is C9H12BrNO. The number of nitrogens with two attached hydrogens (primary N) is 1. The molecule has 0 bridgehead atoms. The van der Waals surface area contributed by atoms with Crippen LogP contribution in [0.25, 0.3) is 0 Å². The van der Waals surface area contributed by atoms with E-state index < -0.39 is 0 Å². The van der Waals surface area contributed by atoms with Gasteiger partial charge >= 0.3 is 0 Å². The van der Waals surface area contributed by atoms with E-state index in [9.17, 15) is 0 Å². The Balaban J connectivity index is 2.90. The zero-order chi connectivity index (χ0) is 9.14. The van der Waals surface area contributed by atoms with Crippen molar-refractivity contribution in [3.63, 3.8) is 0 Å². The van der Waals surface area contributed by atoms with Crippen molar-refractivity contribution in [2.75, 3.05) is 5.73 Å². The lowest BCUT2D eigenvalue weighted by Crippen LogP contribution is -2.06. The van der Waals surface area contributed by atoms with Gasteiger partial charge in [-0.05, 0) is 30.7 Å². The monoisotopic (exact) mass is 229 g/mol. The number of benzene rings is 1. The first kappa shape index (κ1) is 9.55. The van der Waals surface area contributed by atoms with Gasteiger partial charge in [0.2, 0.25) is 0 Å². The first-order chi connectivity index (χ1) is 5.59. The van der Waals surface area contributed by atoms with E-state index in [0.717, 1.165) is 15.7 Å². The lowest BCUT2D eigenvalue weighted by atomic mass is 10.1. The second-order valence-electron chi connectivity index (χ2n) is 2.90. The summed E-state index contributed by atoms with van der Waals surface area (Å²) in [5.41, 5.74) is 7.43. The van der Waals surface area contributed by atoms with Crippen molar-refractivity contribution in [3.05, 3.63) is 28.2 Å². The van der Waals surface area contributed by atoms with Crippen LogP contribution in [0.15, 0.2) is 22.7 Å². The Morgan fingerprint density at radius 2 is 2.25 bits per heavy atom. The second kappa shape index (κ2) is 3.92. The van der Waals surface area contributed by atoms with Crippen LogP contribution in [-0.2, 0) is 6.42 Å². The molecule has 3 heteroatoms. The molecule has 1 aromatic carbocycles. The van der Waals surface area contributed by atoms with Crippen LogP contribution < -0.4 is 5.73 Å². The Bertz CT molecular complexity index is 273. The predicted octanol–water partition coefficient (Wildman–Crippen LogP) is 1.95. The van der Waals surface area contributed by atoms with Gasteiger partial charge in [0.05, 0.1) is 6.10 Å². The molecule has 0 fully saturated rings. The van der Waals surface area contributed by atoms with Gasteiger partial charge in [0.1, 0.15) is 0 Å². The Labute approximate surface area is 80.5 Å². The summed E-state index contributed by atoms with van der Waals surface area (Å²) < 4.78 is 0.993. The normalized spacial score (nSPS) is 12.9. The number of halogens is 1. The molecule has 1 unspecified atom stereocenters. The van der Waals surface area contributed by atoms with Crippen LogP contribution >= 0.6 is 15.9 Å². The third-order valence-electron chi connectivity index (χ3n) is 1.62. The first-order valence-corrected chi connectivity index (χ1v) is 4.61. The summed E-state index contributed by atoms with van der Waals surface area (Å²) >= 11 is 3.35.